The molecule has 6 heteroatoms. The molecule has 102 valence electrons. The van der Waals surface area contributed by atoms with Crippen LogP contribution in [-0.4, -0.2) is 16.2 Å². The number of rotatable bonds is 3. The highest BCUT2D eigenvalue weighted by molar-refractivity contribution is 9.10. The number of halogens is 3. The molecule has 0 spiro atoms. The van der Waals surface area contributed by atoms with Crippen molar-refractivity contribution in [3.8, 4) is 0 Å². The number of hydrogen-bond donors (Lipinski definition) is 0. The highest BCUT2D eigenvalue weighted by atomic mass is 79.9. The van der Waals surface area contributed by atoms with Crippen LogP contribution in [-0.2, 0) is 11.1 Å². The number of alkyl halides is 1. The first-order valence-corrected chi connectivity index (χ1v) is 9.51. The van der Waals surface area contributed by atoms with E-state index in [0.717, 1.165) is 31.4 Å². The molecule has 0 N–H and O–H groups in total. The summed E-state index contributed by atoms with van der Waals surface area (Å²) in [6, 6.07) is 7.86. The van der Waals surface area contributed by atoms with Crippen LogP contribution >= 0.6 is 59.6 Å². The molecule has 2 aromatic rings. The predicted molar refractivity (Wildman–Crippen MR) is 93.7 cm³/mol. The van der Waals surface area contributed by atoms with Gasteiger partial charge in [-0.05, 0) is 30.5 Å². The first-order chi connectivity index (χ1) is 9.15. The largest absolute Gasteiger partial charge is 0.260 e. The molecular formula is C13H13Br3N2S. The van der Waals surface area contributed by atoms with E-state index in [2.05, 4.69) is 64.0 Å². The Hall–Kier alpha value is 0.0900. The maximum atomic E-state index is 4.18. The molecule has 2 heterocycles. The van der Waals surface area contributed by atoms with Crippen LogP contribution < -0.4 is 0 Å². The smallest absolute Gasteiger partial charge is 0.0520 e. The zero-order chi connectivity index (χ0) is 14.1. The summed E-state index contributed by atoms with van der Waals surface area (Å²) < 4.78 is 2.18. The van der Waals surface area contributed by atoms with Crippen LogP contribution in [0.5, 0.6) is 0 Å². The van der Waals surface area contributed by atoms with Crippen LogP contribution in [0.3, 0.4) is 0 Å². The van der Waals surface area contributed by atoms with Crippen molar-refractivity contribution in [3.05, 3.63) is 57.0 Å². The molecule has 0 unspecified atom stereocenters. The molecule has 0 aliphatic carbocycles. The summed E-state index contributed by atoms with van der Waals surface area (Å²) >= 11 is 11.8. The molecule has 2 aromatic heterocycles. The second-order valence-electron chi connectivity index (χ2n) is 3.50. The molecule has 0 aliphatic rings. The standard InChI is InChI=1S/C7H8BrNS.C6H5Br2N/c1-10-5-7-4-6(8)2-3-9-7;7-4-6-3-5(8)1-2-9-6/h2-4H,5H2,1H3;1-3H,4H2. The fraction of sp³-hybridized carbons (Fsp3) is 0.231. The Morgan fingerprint density at radius 3 is 1.95 bits per heavy atom. The van der Waals surface area contributed by atoms with Crippen molar-refractivity contribution in [1.29, 1.82) is 0 Å². The highest BCUT2D eigenvalue weighted by Crippen LogP contribution is 2.12. The summed E-state index contributed by atoms with van der Waals surface area (Å²) in [6.45, 7) is 0. The van der Waals surface area contributed by atoms with Gasteiger partial charge in [-0.25, -0.2) is 0 Å². The van der Waals surface area contributed by atoms with Crippen LogP contribution in [0, 0.1) is 0 Å². The Morgan fingerprint density at radius 1 is 1.00 bits per heavy atom. The number of hydrogen-bond acceptors (Lipinski definition) is 3. The van der Waals surface area contributed by atoms with Gasteiger partial charge in [0, 0.05) is 32.4 Å². The third-order valence-electron chi connectivity index (χ3n) is 1.99. The Kier molecular flexibility index (Phi) is 8.94. The molecule has 2 nitrogen and oxygen atoms in total. The van der Waals surface area contributed by atoms with Gasteiger partial charge in [0.15, 0.2) is 0 Å². The van der Waals surface area contributed by atoms with E-state index >= 15 is 0 Å². The third-order valence-corrected chi connectivity index (χ3v) is 4.13. The summed E-state index contributed by atoms with van der Waals surface area (Å²) in [5.41, 5.74) is 2.17. The van der Waals surface area contributed by atoms with Gasteiger partial charge >= 0.3 is 0 Å². The van der Waals surface area contributed by atoms with Crippen molar-refractivity contribution in [2.45, 2.75) is 11.1 Å². The van der Waals surface area contributed by atoms with Crippen LogP contribution in [0.1, 0.15) is 11.4 Å². The zero-order valence-electron chi connectivity index (χ0n) is 10.3. The average Bonchev–Trinajstić information content (AvgIpc) is 2.40. The van der Waals surface area contributed by atoms with Crippen LogP contribution in [0.2, 0.25) is 0 Å². The number of thioether (sulfide) groups is 1. The van der Waals surface area contributed by atoms with Gasteiger partial charge in [-0.3, -0.25) is 9.97 Å². The Bertz CT molecular complexity index is 509. The monoisotopic (exact) mass is 466 g/mol. The number of nitrogens with zero attached hydrogens (tertiary/aromatic N) is 2. The van der Waals surface area contributed by atoms with E-state index < -0.39 is 0 Å². The zero-order valence-corrected chi connectivity index (χ0v) is 15.9. The Balaban J connectivity index is 0.000000191. The van der Waals surface area contributed by atoms with Crippen molar-refractivity contribution < 1.29 is 0 Å². The van der Waals surface area contributed by atoms with Gasteiger partial charge in [-0.15, -0.1) is 0 Å². The second kappa shape index (κ2) is 9.91. The van der Waals surface area contributed by atoms with E-state index in [-0.39, 0.29) is 0 Å². The van der Waals surface area contributed by atoms with Gasteiger partial charge in [0.2, 0.25) is 0 Å². The Morgan fingerprint density at radius 2 is 1.53 bits per heavy atom. The van der Waals surface area contributed by atoms with Crippen molar-refractivity contribution in [1.82, 2.24) is 9.97 Å². The van der Waals surface area contributed by atoms with E-state index in [1.807, 2.05) is 30.5 Å². The summed E-state index contributed by atoms with van der Waals surface area (Å²) in [6.07, 6.45) is 5.67. The van der Waals surface area contributed by atoms with E-state index in [1.165, 1.54) is 0 Å². The lowest BCUT2D eigenvalue weighted by molar-refractivity contribution is 1.17. The lowest BCUT2D eigenvalue weighted by Gasteiger charge is -1.95. The molecule has 0 amide bonds. The summed E-state index contributed by atoms with van der Waals surface area (Å²) in [5, 5.41) is 0.812. The fourth-order valence-electron chi connectivity index (χ4n) is 1.20. The quantitative estimate of drug-likeness (QED) is 0.560. The normalized spacial score (nSPS) is 9.68. The molecule has 0 aliphatic heterocycles. The van der Waals surface area contributed by atoms with E-state index in [0.29, 0.717) is 0 Å². The first-order valence-electron chi connectivity index (χ1n) is 5.41. The molecule has 0 radical (unpaired) electrons. The van der Waals surface area contributed by atoms with Crippen LogP contribution in [0.15, 0.2) is 45.6 Å². The minimum absolute atomic E-state index is 0.812. The summed E-state index contributed by atoms with van der Waals surface area (Å²) in [7, 11) is 0. The van der Waals surface area contributed by atoms with Gasteiger partial charge < -0.3 is 0 Å². The van der Waals surface area contributed by atoms with Crippen molar-refractivity contribution in [2.24, 2.45) is 0 Å². The van der Waals surface area contributed by atoms with Crippen LogP contribution in [0.4, 0.5) is 0 Å². The summed E-state index contributed by atoms with van der Waals surface area (Å²) in [4.78, 5) is 8.26. The molecular weight excluding hydrogens is 456 g/mol. The van der Waals surface area contributed by atoms with Gasteiger partial charge in [0.05, 0.1) is 11.4 Å². The predicted octanol–water partition coefficient (Wildman–Crippen LogP) is 5.45. The number of aromatic nitrogens is 2. The lowest BCUT2D eigenvalue weighted by atomic mass is 10.4. The minimum atomic E-state index is 0.812. The topological polar surface area (TPSA) is 25.8 Å². The average molecular weight is 469 g/mol. The maximum Gasteiger partial charge on any atom is 0.0520 e. The van der Waals surface area contributed by atoms with Gasteiger partial charge in [0.25, 0.3) is 0 Å². The molecule has 19 heavy (non-hydrogen) atoms. The molecule has 0 aromatic carbocycles. The van der Waals surface area contributed by atoms with Gasteiger partial charge in [-0.1, -0.05) is 47.8 Å². The minimum Gasteiger partial charge on any atom is -0.260 e. The summed E-state index contributed by atoms with van der Waals surface area (Å²) in [5.74, 6) is 0.986. The van der Waals surface area contributed by atoms with Gasteiger partial charge in [-0.2, -0.15) is 11.8 Å². The SMILES string of the molecule is BrCc1cc(Br)ccn1.CSCc1cc(Br)ccn1. The highest BCUT2D eigenvalue weighted by Gasteiger charge is 1.92. The first kappa shape index (κ1) is 17.1. The molecule has 0 atom stereocenters. The van der Waals surface area contributed by atoms with Gasteiger partial charge in [0.1, 0.15) is 0 Å². The van der Waals surface area contributed by atoms with E-state index in [4.69, 9.17) is 0 Å². The Labute approximate surface area is 143 Å². The molecule has 0 bridgehead atoms. The third kappa shape index (κ3) is 7.44. The van der Waals surface area contributed by atoms with E-state index in [1.54, 1.807) is 18.0 Å². The van der Waals surface area contributed by atoms with Crippen LogP contribution in [0.25, 0.3) is 0 Å². The van der Waals surface area contributed by atoms with Crippen molar-refractivity contribution >= 4 is 59.6 Å². The molecule has 0 fully saturated rings. The second-order valence-corrected chi connectivity index (χ2v) is 6.76. The van der Waals surface area contributed by atoms with Crippen molar-refractivity contribution in [3.63, 3.8) is 0 Å². The van der Waals surface area contributed by atoms with E-state index in [9.17, 15) is 0 Å². The molecule has 2 rings (SSSR count). The maximum absolute atomic E-state index is 4.18. The lowest BCUT2D eigenvalue weighted by Crippen LogP contribution is -1.83. The molecule has 0 saturated carbocycles. The molecule has 0 saturated heterocycles. The number of pyridine rings is 2. The fourth-order valence-corrected chi connectivity index (χ4v) is 2.72. The van der Waals surface area contributed by atoms with Crippen molar-refractivity contribution in [2.75, 3.05) is 6.26 Å².